The first-order valence-electron chi connectivity index (χ1n) is 7.19. The SMILES string of the molecule is CCc1ccc(OCCCC(=O)c2ccc(Br)cc2)cc1. The van der Waals surface area contributed by atoms with Gasteiger partial charge in [-0.3, -0.25) is 4.79 Å². The first kappa shape index (κ1) is 15.8. The van der Waals surface area contributed by atoms with Gasteiger partial charge in [0.05, 0.1) is 6.61 Å². The summed E-state index contributed by atoms with van der Waals surface area (Å²) >= 11 is 3.36. The lowest BCUT2D eigenvalue weighted by Crippen LogP contribution is -2.03. The summed E-state index contributed by atoms with van der Waals surface area (Å²) in [5.74, 6) is 1.02. The lowest BCUT2D eigenvalue weighted by atomic mass is 10.1. The Morgan fingerprint density at radius 2 is 1.71 bits per heavy atom. The minimum Gasteiger partial charge on any atom is -0.494 e. The molecule has 2 rings (SSSR count). The van der Waals surface area contributed by atoms with Gasteiger partial charge in [-0.1, -0.05) is 47.1 Å². The first-order chi connectivity index (χ1) is 10.2. The average Bonchev–Trinajstić information content (AvgIpc) is 2.52. The lowest BCUT2D eigenvalue weighted by molar-refractivity contribution is 0.0973. The Kier molecular flexibility index (Phi) is 6.00. The van der Waals surface area contributed by atoms with Crippen LogP contribution < -0.4 is 4.74 Å². The molecule has 0 aromatic heterocycles. The summed E-state index contributed by atoms with van der Waals surface area (Å²) in [5, 5.41) is 0. The molecule has 0 unspecified atom stereocenters. The molecule has 3 heteroatoms. The number of ketones is 1. The normalized spacial score (nSPS) is 10.4. The first-order valence-corrected chi connectivity index (χ1v) is 7.99. The van der Waals surface area contributed by atoms with Gasteiger partial charge in [0, 0.05) is 16.5 Å². The Morgan fingerprint density at radius 3 is 2.33 bits per heavy atom. The third-order valence-corrected chi connectivity index (χ3v) is 3.84. The maximum absolute atomic E-state index is 12.0. The second kappa shape index (κ2) is 7.99. The van der Waals surface area contributed by atoms with Crippen LogP contribution in [0.25, 0.3) is 0 Å². The van der Waals surface area contributed by atoms with Crippen molar-refractivity contribution in [3.05, 3.63) is 64.1 Å². The maximum atomic E-state index is 12.0. The predicted molar refractivity (Wildman–Crippen MR) is 89.0 cm³/mol. The monoisotopic (exact) mass is 346 g/mol. The standard InChI is InChI=1S/C18H19BrO2/c1-2-14-5-11-17(12-6-14)21-13-3-4-18(20)15-7-9-16(19)10-8-15/h5-12H,2-4,13H2,1H3. The smallest absolute Gasteiger partial charge is 0.163 e. The summed E-state index contributed by atoms with van der Waals surface area (Å²) in [7, 11) is 0. The molecule has 0 heterocycles. The van der Waals surface area contributed by atoms with Gasteiger partial charge in [-0.25, -0.2) is 0 Å². The minimum atomic E-state index is 0.160. The van der Waals surface area contributed by atoms with Gasteiger partial charge in [0.15, 0.2) is 5.78 Å². The second-order valence-electron chi connectivity index (χ2n) is 4.88. The summed E-state index contributed by atoms with van der Waals surface area (Å²) in [6, 6.07) is 15.6. The maximum Gasteiger partial charge on any atom is 0.163 e. The van der Waals surface area contributed by atoms with Gasteiger partial charge in [-0.2, -0.15) is 0 Å². The van der Waals surface area contributed by atoms with Gasteiger partial charge in [-0.15, -0.1) is 0 Å². The van der Waals surface area contributed by atoms with Crippen molar-refractivity contribution in [3.8, 4) is 5.75 Å². The van der Waals surface area contributed by atoms with E-state index in [1.165, 1.54) is 5.56 Å². The van der Waals surface area contributed by atoms with E-state index < -0.39 is 0 Å². The highest BCUT2D eigenvalue weighted by Crippen LogP contribution is 2.14. The molecule has 0 atom stereocenters. The highest BCUT2D eigenvalue weighted by Gasteiger charge is 2.05. The van der Waals surface area contributed by atoms with E-state index in [4.69, 9.17) is 4.74 Å². The molecule has 0 radical (unpaired) electrons. The Balaban J connectivity index is 1.73. The zero-order chi connectivity index (χ0) is 15.1. The Hall–Kier alpha value is -1.61. The third-order valence-electron chi connectivity index (χ3n) is 3.31. The van der Waals surface area contributed by atoms with E-state index in [9.17, 15) is 4.79 Å². The van der Waals surface area contributed by atoms with Gasteiger partial charge in [0.25, 0.3) is 0 Å². The molecule has 2 aromatic carbocycles. The molecule has 21 heavy (non-hydrogen) atoms. The van der Waals surface area contributed by atoms with Crippen LogP contribution in [0.5, 0.6) is 5.75 Å². The van der Waals surface area contributed by atoms with Crippen molar-refractivity contribution in [3.63, 3.8) is 0 Å². The van der Waals surface area contributed by atoms with Crippen molar-refractivity contribution in [2.24, 2.45) is 0 Å². The largest absolute Gasteiger partial charge is 0.494 e. The molecule has 0 aliphatic heterocycles. The van der Waals surface area contributed by atoms with E-state index in [2.05, 4.69) is 35.0 Å². The number of Topliss-reactive ketones (excluding diaryl/α,β-unsaturated/α-hetero) is 1. The van der Waals surface area contributed by atoms with E-state index in [1.807, 2.05) is 36.4 Å². The molecule has 2 nitrogen and oxygen atoms in total. The zero-order valence-electron chi connectivity index (χ0n) is 12.1. The quantitative estimate of drug-likeness (QED) is 0.517. The number of ether oxygens (including phenoxy) is 1. The third kappa shape index (κ3) is 5.01. The molecule has 0 spiro atoms. The molecule has 0 fully saturated rings. The highest BCUT2D eigenvalue weighted by molar-refractivity contribution is 9.10. The van der Waals surface area contributed by atoms with Crippen LogP contribution in [0.1, 0.15) is 35.7 Å². The number of aryl methyl sites for hydroxylation is 1. The summed E-state index contributed by atoms with van der Waals surface area (Å²) in [4.78, 5) is 12.0. The number of hydrogen-bond acceptors (Lipinski definition) is 2. The summed E-state index contributed by atoms with van der Waals surface area (Å²) in [6.45, 7) is 2.69. The molecule has 0 saturated heterocycles. The molecule has 0 aliphatic rings. The van der Waals surface area contributed by atoms with Gasteiger partial charge in [-0.05, 0) is 42.7 Å². The molecule has 0 saturated carbocycles. The van der Waals surface area contributed by atoms with Crippen LogP contribution in [0, 0.1) is 0 Å². The van der Waals surface area contributed by atoms with Crippen LogP contribution in [-0.2, 0) is 6.42 Å². The Bertz CT molecular complexity index is 573. The van der Waals surface area contributed by atoms with Crippen LogP contribution in [0.2, 0.25) is 0 Å². The van der Waals surface area contributed by atoms with Gasteiger partial charge < -0.3 is 4.74 Å². The van der Waals surface area contributed by atoms with E-state index in [0.717, 1.165) is 28.6 Å². The number of carbonyl (C=O) groups is 1. The molecule has 0 amide bonds. The number of rotatable bonds is 7. The highest BCUT2D eigenvalue weighted by atomic mass is 79.9. The summed E-state index contributed by atoms with van der Waals surface area (Å²) in [6.07, 6.45) is 2.26. The second-order valence-corrected chi connectivity index (χ2v) is 5.80. The summed E-state index contributed by atoms with van der Waals surface area (Å²) in [5.41, 5.74) is 2.05. The molecular weight excluding hydrogens is 328 g/mol. The van der Waals surface area contributed by atoms with Crippen LogP contribution in [0.3, 0.4) is 0 Å². The fourth-order valence-corrected chi connectivity index (χ4v) is 2.29. The molecule has 110 valence electrons. The summed E-state index contributed by atoms with van der Waals surface area (Å²) < 4.78 is 6.64. The average molecular weight is 347 g/mol. The van der Waals surface area contributed by atoms with Crippen LogP contribution in [0.15, 0.2) is 53.0 Å². The van der Waals surface area contributed by atoms with Crippen molar-refractivity contribution in [2.75, 3.05) is 6.61 Å². The van der Waals surface area contributed by atoms with Gasteiger partial charge in [0.2, 0.25) is 0 Å². The molecule has 0 aliphatic carbocycles. The van der Waals surface area contributed by atoms with Crippen LogP contribution in [-0.4, -0.2) is 12.4 Å². The number of halogens is 1. The molecule has 0 bridgehead atoms. The van der Waals surface area contributed by atoms with Crippen molar-refractivity contribution in [1.82, 2.24) is 0 Å². The van der Waals surface area contributed by atoms with E-state index in [1.54, 1.807) is 0 Å². The van der Waals surface area contributed by atoms with Crippen molar-refractivity contribution < 1.29 is 9.53 Å². The van der Waals surface area contributed by atoms with E-state index >= 15 is 0 Å². The predicted octanol–water partition coefficient (Wildman–Crippen LogP) is 5.05. The fourth-order valence-electron chi connectivity index (χ4n) is 2.02. The van der Waals surface area contributed by atoms with Crippen molar-refractivity contribution in [1.29, 1.82) is 0 Å². The lowest BCUT2D eigenvalue weighted by Gasteiger charge is -2.06. The number of hydrogen-bond donors (Lipinski definition) is 0. The van der Waals surface area contributed by atoms with Crippen molar-refractivity contribution >= 4 is 21.7 Å². The number of carbonyl (C=O) groups excluding carboxylic acids is 1. The molecular formula is C18H19BrO2. The molecule has 0 N–H and O–H groups in total. The van der Waals surface area contributed by atoms with Crippen molar-refractivity contribution in [2.45, 2.75) is 26.2 Å². The zero-order valence-corrected chi connectivity index (χ0v) is 13.7. The number of benzene rings is 2. The molecule has 2 aromatic rings. The van der Waals surface area contributed by atoms with Crippen LogP contribution in [0.4, 0.5) is 0 Å². The Labute approximate surface area is 134 Å². The topological polar surface area (TPSA) is 26.3 Å². The van der Waals surface area contributed by atoms with Crippen LogP contribution >= 0.6 is 15.9 Å². The fraction of sp³-hybridized carbons (Fsp3) is 0.278. The van der Waals surface area contributed by atoms with Gasteiger partial charge >= 0.3 is 0 Å². The van der Waals surface area contributed by atoms with E-state index in [-0.39, 0.29) is 5.78 Å². The van der Waals surface area contributed by atoms with E-state index in [0.29, 0.717) is 13.0 Å². The Morgan fingerprint density at radius 1 is 1.05 bits per heavy atom. The van der Waals surface area contributed by atoms with Gasteiger partial charge in [0.1, 0.15) is 5.75 Å². The minimum absolute atomic E-state index is 0.160.